The number of benzene rings is 2. The van der Waals surface area contributed by atoms with Gasteiger partial charge in [0.25, 0.3) is 5.56 Å². The second-order valence-electron chi connectivity index (χ2n) is 4.95. The molecule has 2 aromatic carbocycles. The molecule has 1 heterocycles. The summed E-state index contributed by atoms with van der Waals surface area (Å²) in [5.74, 6) is 0. The van der Waals surface area contributed by atoms with Crippen molar-refractivity contribution < 1.29 is 0 Å². The van der Waals surface area contributed by atoms with Crippen LogP contribution >= 0.6 is 0 Å². The molecule has 0 fully saturated rings. The molecule has 3 nitrogen and oxygen atoms in total. The standard InChI is InChI=1S/C18H16N2O/c1-14(15-8-4-2-5-9-15)20-18(21)13-12-17(19-20)16-10-6-3-7-11-16/h2-14H,1H3. The molecule has 104 valence electrons. The number of rotatable bonds is 3. The zero-order valence-corrected chi connectivity index (χ0v) is 11.8. The van der Waals surface area contributed by atoms with E-state index >= 15 is 0 Å². The Bertz CT molecular complexity index is 779. The van der Waals surface area contributed by atoms with Gasteiger partial charge in [-0.05, 0) is 18.6 Å². The van der Waals surface area contributed by atoms with Gasteiger partial charge in [0, 0.05) is 11.6 Å². The number of aromatic nitrogens is 2. The Kier molecular flexibility index (Phi) is 3.65. The van der Waals surface area contributed by atoms with Crippen molar-refractivity contribution in [2.45, 2.75) is 13.0 Å². The van der Waals surface area contributed by atoms with Crippen molar-refractivity contribution in [2.75, 3.05) is 0 Å². The number of hydrogen-bond donors (Lipinski definition) is 0. The molecule has 0 saturated carbocycles. The molecule has 3 aromatic rings. The minimum atomic E-state index is -0.0950. The minimum absolute atomic E-state index is 0.0916. The molecule has 0 aliphatic rings. The largest absolute Gasteiger partial charge is 0.268 e. The second kappa shape index (κ2) is 5.75. The van der Waals surface area contributed by atoms with Crippen molar-refractivity contribution in [3.05, 3.63) is 88.7 Å². The van der Waals surface area contributed by atoms with Gasteiger partial charge in [-0.1, -0.05) is 60.7 Å². The zero-order chi connectivity index (χ0) is 14.7. The molecule has 1 unspecified atom stereocenters. The summed E-state index contributed by atoms with van der Waals surface area (Å²) < 4.78 is 1.54. The molecule has 0 spiro atoms. The van der Waals surface area contributed by atoms with E-state index in [1.54, 1.807) is 12.1 Å². The Balaban J connectivity index is 2.05. The SMILES string of the molecule is CC(c1ccccc1)n1nc(-c2ccccc2)ccc1=O. The quantitative estimate of drug-likeness (QED) is 0.733. The van der Waals surface area contributed by atoms with E-state index < -0.39 is 0 Å². The maximum absolute atomic E-state index is 12.1. The Morgan fingerprint density at radius 2 is 1.48 bits per heavy atom. The van der Waals surface area contributed by atoms with Crippen molar-refractivity contribution in [3.8, 4) is 11.3 Å². The summed E-state index contributed by atoms with van der Waals surface area (Å²) in [6, 6.07) is 23.1. The summed E-state index contributed by atoms with van der Waals surface area (Å²) in [7, 11) is 0. The van der Waals surface area contributed by atoms with Gasteiger partial charge in [-0.2, -0.15) is 5.10 Å². The van der Waals surface area contributed by atoms with Gasteiger partial charge >= 0.3 is 0 Å². The van der Waals surface area contributed by atoms with E-state index in [0.29, 0.717) is 0 Å². The fraction of sp³-hybridized carbons (Fsp3) is 0.111. The average Bonchev–Trinajstić information content (AvgIpc) is 2.56. The molecule has 21 heavy (non-hydrogen) atoms. The van der Waals surface area contributed by atoms with Crippen LogP contribution in [-0.2, 0) is 0 Å². The lowest BCUT2D eigenvalue weighted by Gasteiger charge is -2.15. The smallest absolute Gasteiger partial charge is 0.267 e. The highest BCUT2D eigenvalue weighted by atomic mass is 16.1. The van der Waals surface area contributed by atoms with Crippen molar-refractivity contribution >= 4 is 0 Å². The summed E-state index contributed by atoms with van der Waals surface area (Å²) in [5.41, 5.74) is 2.79. The van der Waals surface area contributed by atoms with Gasteiger partial charge in [0.2, 0.25) is 0 Å². The monoisotopic (exact) mass is 276 g/mol. The van der Waals surface area contributed by atoms with Crippen molar-refractivity contribution in [1.82, 2.24) is 9.78 Å². The fourth-order valence-electron chi connectivity index (χ4n) is 2.34. The van der Waals surface area contributed by atoms with E-state index in [0.717, 1.165) is 16.8 Å². The molecule has 0 aliphatic heterocycles. The molecule has 0 N–H and O–H groups in total. The molecular weight excluding hydrogens is 260 g/mol. The first kappa shape index (κ1) is 13.3. The molecule has 0 aliphatic carbocycles. The van der Waals surface area contributed by atoms with Crippen molar-refractivity contribution in [1.29, 1.82) is 0 Å². The minimum Gasteiger partial charge on any atom is -0.268 e. The first-order chi connectivity index (χ1) is 10.3. The summed E-state index contributed by atoms with van der Waals surface area (Å²) in [6.07, 6.45) is 0. The average molecular weight is 276 g/mol. The van der Waals surface area contributed by atoms with Crippen LogP contribution in [0.15, 0.2) is 77.6 Å². The summed E-state index contributed by atoms with van der Waals surface area (Å²) in [5, 5.41) is 4.52. The second-order valence-corrected chi connectivity index (χ2v) is 4.95. The van der Waals surface area contributed by atoms with Crippen molar-refractivity contribution in [2.24, 2.45) is 0 Å². The predicted octanol–water partition coefficient (Wildman–Crippen LogP) is 3.52. The Morgan fingerprint density at radius 1 is 0.857 bits per heavy atom. The van der Waals surface area contributed by atoms with E-state index in [2.05, 4.69) is 5.10 Å². The summed E-state index contributed by atoms with van der Waals surface area (Å²) >= 11 is 0. The van der Waals surface area contributed by atoms with Crippen LogP contribution in [0.4, 0.5) is 0 Å². The molecular formula is C18H16N2O. The van der Waals surface area contributed by atoms with Crippen LogP contribution in [0.2, 0.25) is 0 Å². The third-order valence-electron chi connectivity index (χ3n) is 3.54. The van der Waals surface area contributed by atoms with Gasteiger partial charge in [0.15, 0.2) is 0 Å². The molecule has 0 saturated heterocycles. The van der Waals surface area contributed by atoms with Gasteiger partial charge in [-0.25, -0.2) is 4.68 Å². The van der Waals surface area contributed by atoms with Crippen LogP contribution in [0.5, 0.6) is 0 Å². The Hall–Kier alpha value is -2.68. The van der Waals surface area contributed by atoms with Crippen molar-refractivity contribution in [3.63, 3.8) is 0 Å². The molecule has 1 aromatic heterocycles. The molecule has 3 rings (SSSR count). The first-order valence-electron chi connectivity index (χ1n) is 6.96. The van der Waals surface area contributed by atoms with E-state index in [1.165, 1.54) is 4.68 Å². The Labute approximate surface area is 123 Å². The fourth-order valence-corrected chi connectivity index (χ4v) is 2.34. The van der Waals surface area contributed by atoms with Gasteiger partial charge in [0.05, 0.1) is 11.7 Å². The van der Waals surface area contributed by atoms with Crippen LogP contribution in [0.3, 0.4) is 0 Å². The summed E-state index contributed by atoms with van der Waals surface area (Å²) in [4.78, 5) is 12.1. The van der Waals surface area contributed by atoms with E-state index in [-0.39, 0.29) is 11.6 Å². The topological polar surface area (TPSA) is 34.9 Å². The van der Waals surface area contributed by atoms with E-state index in [1.807, 2.05) is 67.6 Å². The van der Waals surface area contributed by atoms with E-state index in [4.69, 9.17) is 0 Å². The van der Waals surface area contributed by atoms with Crippen LogP contribution in [0.1, 0.15) is 18.5 Å². The normalized spacial score (nSPS) is 12.0. The molecule has 1 atom stereocenters. The zero-order valence-electron chi connectivity index (χ0n) is 11.8. The van der Waals surface area contributed by atoms with E-state index in [9.17, 15) is 4.79 Å². The molecule has 0 amide bonds. The van der Waals surface area contributed by atoms with Gasteiger partial charge in [-0.15, -0.1) is 0 Å². The van der Waals surface area contributed by atoms with Gasteiger partial charge in [0.1, 0.15) is 0 Å². The maximum Gasteiger partial charge on any atom is 0.267 e. The highest BCUT2D eigenvalue weighted by Gasteiger charge is 2.11. The van der Waals surface area contributed by atoms with Crippen LogP contribution in [0.25, 0.3) is 11.3 Å². The molecule has 0 bridgehead atoms. The molecule has 0 radical (unpaired) electrons. The van der Waals surface area contributed by atoms with Crippen LogP contribution in [0, 0.1) is 0 Å². The lowest BCUT2D eigenvalue weighted by molar-refractivity contribution is 0.534. The van der Waals surface area contributed by atoms with Crippen LogP contribution in [-0.4, -0.2) is 9.78 Å². The predicted molar refractivity (Wildman–Crippen MR) is 84.2 cm³/mol. The number of nitrogens with zero attached hydrogens (tertiary/aromatic N) is 2. The maximum atomic E-state index is 12.1. The number of hydrogen-bond acceptors (Lipinski definition) is 2. The lowest BCUT2D eigenvalue weighted by Crippen LogP contribution is -2.26. The third-order valence-corrected chi connectivity index (χ3v) is 3.54. The van der Waals surface area contributed by atoms with Crippen LogP contribution < -0.4 is 5.56 Å². The van der Waals surface area contributed by atoms with Gasteiger partial charge in [-0.3, -0.25) is 4.79 Å². The van der Waals surface area contributed by atoms with Gasteiger partial charge < -0.3 is 0 Å². The third kappa shape index (κ3) is 2.77. The first-order valence-corrected chi connectivity index (χ1v) is 6.96. The summed E-state index contributed by atoms with van der Waals surface area (Å²) in [6.45, 7) is 1.98. The highest BCUT2D eigenvalue weighted by Crippen LogP contribution is 2.18. The highest BCUT2D eigenvalue weighted by molar-refractivity contribution is 5.57. The molecule has 3 heteroatoms. The Morgan fingerprint density at radius 3 is 2.14 bits per heavy atom. The lowest BCUT2D eigenvalue weighted by atomic mass is 10.1.